The number of aldehydes is 1. The Kier molecular flexibility index (Phi) is 10.9. The monoisotopic (exact) mass is 417 g/mol. The number of carbonyl (C=O) groups excluding carboxylic acids is 2. The first-order valence-corrected chi connectivity index (χ1v) is 9.16. The van der Waals surface area contributed by atoms with Crippen LogP contribution >= 0.6 is 24.8 Å². The predicted molar refractivity (Wildman–Crippen MR) is 110 cm³/mol. The number of nitrogens with one attached hydrogen (secondary N) is 1. The predicted octanol–water partition coefficient (Wildman–Crippen LogP) is 1.76. The van der Waals surface area contributed by atoms with Crippen molar-refractivity contribution in [1.82, 2.24) is 15.1 Å². The van der Waals surface area contributed by atoms with Gasteiger partial charge in [-0.05, 0) is 38.1 Å². The zero-order valence-electron chi connectivity index (χ0n) is 15.4. The van der Waals surface area contributed by atoms with Crippen molar-refractivity contribution in [3.05, 3.63) is 30.3 Å². The first-order chi connectivity index (χ1) is 12.3. The van der Waals surface area contributed by atoms with Gasteiger partial charge in [-0.3, -0.25) is 14.6 Å². The minimum atomic E-state index is -0.397. The van der Waals surface area contributed by atoms with Crippen molar-refractivity contribution < 1.29 is 14.3 Å². The van der Waals surface area contributed by atoms with Crippen LogP contribution in [0, 0.1) is 0 Å². The summed E-state index contributed by atoms with van der Waals surface area (Å²) in [5.41, 5.74) is 0. The molecule has 3 rings (SSSR count). The van der Waals surface area contributed by atoms with E-state index in [-0.39, 0.29) is 37.2 Å². The molecule has 0 spiro atoms. The van der Waals surface area contributed by atoms with Gasteiger partial charge in [-0.1, -0.05) is 18.2 Å². The third-order valence-electron chi connectivity index (χ3n) is 5.15. The molecular formula is C19H29Cl2N3O3. The highest BCUT2D eigenvalue weighted by atomic mass is 35.5. The molecule has 0 saturated carbocycles. The molecule has 0 bridgehead atoms. The van der Waals surface area contributed by atoms with Crippen LogP contribution in [-0.2, 0) is 9.59 Å². The standard InChI is InChI=1S/C19H27N3O3.2ClH/c23-15-17(14-19(24)25-18-4-2-1-3-5-18)22-12-10-21(11-13-22)16-6-8-20-9-7-16;;/h1-5,15-17,20H,6-14H2;2*1H. The number of piperazine rings is 1. The molecule has 0 amide bonds. The number of piperidine rings is 1. The van der Waals surface area contributed by atoms with E-state index in [1.54, 1.807) is 12.1 Å². The maximum atomic E-state index is 12.1. The number of hydrogen-bond acceptors (Lipinski definition) is 6. The molecule has 6 nitrogen and oxygen atoms in total. The van der Waals surface area contributed by atoms with Gasteiger partial charge in [0.25, 0.3) is 0 Å². The number of ether oxygens (including phenoxy) is 1. The lowest BCUT2D eigenvalue weighted by atomic mass is 10.0. The van der Waals surface area contributed by atoms with E-state index >= 15 is 0 Å². The molecule has 0 radical (unpaired) electrons. The Labute approximate surface area is 173 Å². The Bertz CT molecular complexity index is 563. The van der Waals surface area contributed by atoms with Gasteiger partial charge >= 0.3 is 5.97 Å². The summed E-state index contributed by atoms with van der Waals surface area (Å²) in [5, 5.41) is 3.40. The molecule has 2 aliphatic heterocycles. The highest BCUT2D eigenvalue weighted by molar-refractivity contribution is 5.85. The SMILES string of the molecule is Cl.Cl.O=CC(CC(=O)Oc1ccccc1)N1CCN(C2CCNCC2)CC1. The Hall–Kier alpha value is -1.18. The van der Waals surface area contributed by atoms with E-state index in [4.69, 9.17) is 4.74 Å². The Morgan fingerprint density at radius 1 is 1.11 bits per heavy atom. The molecule has 8 heteroatoms. The summed E-state index contributed by atoms with van der Waals surface area (Å²) in [4.78, 5) is 28.3. The number of halogens is 2. The van der Waals surface area contributed by atoms with E-state index in [0.717, 1.165) is 45.6 Å². The summed E-state index contributed by atoms with van der Waals surface area (Å²) < 4.78 is 5.31. The highest BCUT2D eigenvalue weighted by Crippen LogP contribution is 2.17. The van der Waals surface area contributed by atoms with Gasteiger partial charge in [-0.25, -0.2) is 0 Å². The van der Waals surface area contributed by atoms with Gasteiger partial charge < -0.3 is 14.8 Å². The van der Waals surface area contributed by atoms with Crippen molar-refractivity contribution in [2.45, 2.75) is 31.3 Å². The fraction of sp³-hybridized carbons (Fsp3) is 0.579. The Morgan fingerprint density at radius 2 is 1.74 bits per heavy atom. The molecule has 2 aliphatic rings. The number of hydrogen-bond donors (Lipinski definition) is 1. The van der Waals surface area contributed by atoms with E-state index in [2.05, 4.69) is 15.1 Å². The summed E-state index contributed by atoms with van der Waals surface area (Å²) >= 11 is 0. The summed E-state index contributed by atoms with van der Waals surface area (Å²) in [7, 11) is 0. The second kappa shape index (κ2) is 12.3. The highest BCUT2D eigenvalue weighted by Gasteiger charge is 2.29. The molecule has 152 valence electrons. The summed E-state index contributed by atoms with van der Waals surface area (Å²) in [6, 6.07) is 9.25. The molecule has 2 fully saturated rings. The normalized spacial score (nSPS) is 20.0. The second-order valence-corrected chi connectivity index (χ2v) is 6.75. The number of nitrogens with zero attached hydrogens (tertiary/aromatic N) is 2. The van der Waals surface area contributed by atoms with Crippen molar-refractivity contribution >= 4 is 37.1 Å². The average molecular weight is 418 g/mol. The smallest absolute Gasteiger partial charge is 0.313 e. The molecular weight excluding hydrogens is 389 g/mol. The number of rotatable bonds is 6. The van der Waals surface area contributed by atoms with Crippen LogP contribution in [0.2, 0.25) is 0 Å². The maximum Gasteiger partial charge on any atom is 0.313 e. The van der Waals surface area contributed by atoms with Gasteiger partial charge in [0.05, 0.1) is 12.5 Å². The van der Waals surface area contributed by atoms with Gasteiger partial charge in [0.15, 0.2) is 0 Å². The second-order valence-electron chi connectivity index (χ2n) is 6.75. The van der Waals surface area contributed by atoms with Crippen molar-refractivity contribution in [3.8, 4) is 5.75 Å². The summed E-state index contributed by atoms with van der Waals surface area (Å²) in [6.07, 6.45) is 3.37. The fourth-order valence-electron chi connectivity index (χ4n) is 3.70. The van der Waals surface area contributed by atoms with E-state index < -0.39 is 6.04 Å². The molecule has 0 aromatic heterocycles. The van der Waals surface area contributed by atoms with Crippen molar-refractivity contribution in [2.24, 2.45) is 0 Å². The van der Waals surface area contributed by atoms with E-state index in [9.17, 15) is 9.59 Å². The lowest BCUT2D eigenvalue weighted by Crippen LogP contribution is -2.55. The van der Waals surface area contributed by atoms with Gasteiger partial charge in [0.1, 0.15) is 12.0 Å². The van der Waals surface area contributed by atoms with Gasteiger partial charge in [0.2, 0.25) is 0 Å². The average Bonchev–Trinajstić information content (AvgIpc) is 2.68. The van der Waals surface area contributed by atoms with Crippen molar-refractivity contribution in [3.63, 3.8) is 0 Å². The zero-order valence-corrected chi connectivity index (χ0v) is 17.1. The quantitative estimate of drug-likeness (QED) is 0.432. The van der Waals surface area contributed by atoms with Gasteiger partial charge in [-0.2, -0.15) is 0 Å². The molecule has 1 aromatic carbocycles. The largest absolute Gasteiger partial charge is 0.426 e. The first kappa shape index (κ1) is 23.9. The minimum absolute atomic E-state index is 0. The number of carbonyl (C=O) groups is 2. The molecule has 2 heterocycles. The molecule has 1 unspecified atom stereocenters. The lowest BCUT2D eigenvalue weighted by molar-refractivity contribution is -0.137. The molecule has 1 N–H and O–H groups in total. The molecule has 1 atom stereocenters. The third kappa shape index (κ3) is 7.05. The number of benzene rings is 1. The molecule has 0 aliphatic carbocycles. The number of para-hydroxylation sites is 1. The van der Waals surface area contributed by atoms with Crippen LogP contribution in [0.5, 0.6) is 5.75 Å². The Balaban J connectivity index is 0.00000182. The molecule has 1 aromatic rings. The number of esters is 1. The van der Waals surface area contributed by atoms with Crippen LogP contribution in [0.1, 0.15) is 19.3 Å². The first-order valence-electron chi connectivity index (χ1n) is 9.16. The summed E-state index contributed by atoms with van der Waals surface area (Å²) in [5.74, 6) is 0.164. The lowest BCUT2D eigenvalue weighted by Gasteiger charge is -2.42. The minimum Gasteiger partial charge on any atom is -0.426 e. The topological polar surface area (TPSA) is 61.9 Å². The van der Waals surface area contributed by atoms with Crippen LogP contribution in [0.4, 0.5) is 0 Å². The Morgan fingerprint density at radius 3 is 2.33 bits per heavy atom. The van der Waals surface area contributed by atoms with Crippen LogP contribution < -0.4 is 10.1 Å². The van der Waals surface area contributed by atoms with Crippen molar-refractivity contribution in [2.75, 3.05) is 39.3 Å². The fourth-order valence-corrected chi connectivity index (χ4v) is 3.70. The van der Waals surface area contributed by atoms with Crippen LogP contribution in [0.3, 0.4) is 0 Å². The third-order valence-corrected chi connectivity index (χ3v) is 5.15. The maximum absolute atomic E-state index is 12.1. The summed E-state index contributed by atoms with van der Waals surface area (Å²) in [6.45, 7) is 5.75. The zero-order chi connectivity index (χ0) is 17.5. The van der Waals surface area contributed by atoms with E-state index in [0.29, 0.717) is 11.8 Å². The van der Waals surface area contributed by atoms with E-state index in [1.165, 1.54) is 12.8 Å². The van der Waals surface area contributed by atoms with Gasteiger partial charge in [-0.15, -0.1) is 24.8 Å². The van der Waals surface area contributed by atoms with Crippen molar-refractivity contribution in [1.29, 1.82) is 0 Å². The van der Waals surface area contributed by atoms with Crippen LogP contribution in [0.25, 0.3) is 0 Å². The van der Waals surface area contributed by atoms with Crippen LogP contribution in [-0.4, -0.2) is 73.4 Å². The van der Waals surface area contributed by atoms with Crippen LogP contribution in [0.15, 0.2) is 30.3 Å². The van der Waals surface area contributed by atoms with E-state index in [1.807, 2.05) is 18.2 Å². The molecule has 27 heavy (non-hydrogen) atoms. The van der Waals surface area contributed by atoms with Gasteiger partial charge in [0, 0.05) is 32.2 Å². The molecule has 2 saturated heterocycles.